The fourth-order valence-corrected chi connectivity index (χ4v) is 3.34. The van der Waals surface area contributed by atoms with Crippen LogP contribution in [0.5, 0.6) is 0 Å². The Morgan fingerprint density at radius 3 is 2.67 bits per heavy atom. The molecule has 112 valence electrons. The highest BCUT2D eigenvalue weighted by molar-refractivity contribution is 6.04. The van der Waals surface area contributed by atoms with Gasteiger partial charge in [0.15, 0.2) is 0 Å². The molecule has 3 rings (SSSR count). The van der Waals surface area contributed by atoms with Gasteiger partial charge in [0.25, 0.3) is 5.91 Å². The molecule has 1 aromatic rings. The zero-order valence-corrected chi connectivity index (χ0v) is 12.2. The van der Waals surface area contributed by atoms with Crippen LogP contribution >= 0.6 is 0 Å². The SMILES string of the molecule is CNC(=O)c1ccccc1NC(=O)C1CC12CCNCC2. The maximum Gasteiger partial charge on any atom is 0.253 e. The monoisotopic (exact) mass is 287 g/mol. The van der Waals surface area contributed by atoms with E-state index < -0.39 is 0 Å². The van der Waals surface area contributed by atoms with Gasteiger partial charge < -0.3 is 16.0 Å². The molecule has 1 unspecified atom stereocenters. The summed E-state index contributed by atoms with van der Waals surface area (Å²) in [5.41, 5.74) is 1.31. The molecule has 5 nitrogen and oxygen atoms in total. The Kier molecular flexibility index (Phi) is 3.68. The molecule has 0 bridgehead atoms. The predicted octanol–water partition coefficient (Wildman–Crippen LogP) is 1.37. The summed E-state index contributed by atoms with van der Waals surface area (Å²) >= 11 is 0. The van der Waals surface area contributed by atoms with Crippen molar-refractivity contribution >= 4 is 17.5 Å². The molecule has 0 aromatic heterocycles. The first-order valence-corrected chi connectivity index (χ1v) is 7.49. The molecule has 1 saturated heterocycles. The van der Waals surface area contributed by atoms with Gasteiger partial charge in [0.2, 0.25) is 5.91 Å². The minimum Gasteiger partial charge on any atom is -0.355 e. The van der Waals surface area contributed by atoms with Gasteiger partial charge in [-0.25, -0.2) is 0 Å². The molecule has 21 heavy (non-hydrogen) atoms. The van der Waals surface area contributed by atoms with Gasteiger partial charge in [-0.2, -0.15) is 0 Å². The molecule has 1 aliphatic heterocycles. The van der Waals surface area contributed by atoms with Crippen molar-refractivity contribution in [2.45, 2.75) is 19.3 Å². The van der Waals surface area contributed by atoms with Crippen LogP contribution in [0.4, 0.5) is 5.69 Å². The fourth-order valence-electron chi connectivity index (χ4n) is 3.34. The second-order valence-electron chi connectivity index (χ2n) is 5.98. The standard InChI is InChI=1S/C16H21N3O2/c1-17-14(20)11-4-2-3-5-13(11)19-15(21)12-10-16(12)6-8-18-9-7-16/h2-5,12,18H,6-10H2,1H3,(H,17,20)(H,19,21). The van der Waals surface area contributed by atoms with Gasteiger partial charge in [-0.15, -0.1) is 0 Å². The van der Waals surface area contributed by atoms with Crippen LogP contribution in [0.2, 0.25) is 0 Å². The lowest BCUT2D eigenvalue weighted by Gasteiger charge is -2.23. The Bertz CT molecular complexity index is 564. The van der Waals surface area contributed by atoms with E-state index in [2.05, 4.69) is 16.0 Å². The van der Waals surface area contributed by atoms with Crippen LogP contribution in [0.3, 0.4) is 0 Å². The van der Waals surface area contributed by atoms with E-state index in [1.807, 2.05) is 6.07 Å². The van der Waals surface area contributed by atoms with E-state index in [1.165, 1.54) is 0 Å². The van der Waals surface area contributed by atoms with E-state index in [0.29, 0.717) is 11.3 Å². The first kappa shape index (κ1) is 14.1. The molecular weight excluding hydrogens is 266 g/mol. The second-order valence-corrected chi connectivity index (χ2v) is 5.98. The van der Waals surface area contributed by atoms with Crippen LogP contribution in [0.1, 0.15) is 29.6 Å². The highest BCUT2D eigenvalue weighted by Gasteiger charge is 2.57. The maximum absolute atomic E-state index is 12.4. The smallest absolute Gasteiger partial charge is 0.253 e. The number of carbonyl (C=O) groups excluding carboxylic acids is 2. The van der Waals surface area contributed by atoms with Crippen molar-refractivity contribution in [1.29, 1.82) is 0 Å². The number of hydrogen-bond donors (Lipinski definition) is 3. The normalized spacial score (nSPS) is 22.6. The Balaban J connectivity index is 1.70. The topological polar surface area (TPSA) is 70.2 Å². The van der Waals surface area contributed by atoms with Crippen molar-refractivity contribution in [3.63, 3.8) is 0 Å². The maximum atomic E-state index is 12.4. The van der Waals surface area contributed by atoms with Gasteiger partial charge in [0.1, 0.15) is 0 Å². The zero-order valence-electron chi connectivity index (χ0n) is 12.2. The van der Waals surface area contributed by atoms with Crippen LogP contribution < -0.4 is 16.0 Å². The summed E-state index contributed by atoms with van der Waals surface area (Å²) in [6, 6.07) is 7.13. The number of carbonyl (C=O) groups is 2. The second kappa shape index (κ2) is 5.48. The Morgan fingerprint density at radius 2 is 1.95 bits per heavy atom. The fraction of sp³-hybridized carbons (Fsp3) is 0.500. The third-order valence-electron chi connectivity index (χ3n) is 4.76. The highest BCUT2D eigenvalue weighted by atomic mass is 16.2. The van der Waals surface area contributed by atoms with Crippen molar-refractivity contribution in [3.05, 3.63) is 29.8 Å². The molecule has 2 aliphatic rings. The number of nitrogens with one attached hydrogen (secondary N) is 3. The van der Waals surface area contributed by atoms with Gasteiger partial charge in [-0.1, -0.05) is 12.1 Å². The van der Waals surface area contributed by atoms with Crippen LogP contribution in [0, 0.1) is 11.3 Å². The van der Waals surface area contributed by atoms with Gasteiger partial charge >= 0.3 is 0 Å². The summed E-state index contributed by atoms with van der Waals surface area (Å²) in [4.78, 5) is 24.3. The van der Waals surface area contributed by atoms with Crippen LogP contribution in [-0.4, -0.2) is 32.0 Å². The summed E-state index contributed by atoms with van der Waals surface area (Å²) in [7, 11) is 1.59. The van der Waals surface area contributed by atoms with Gasteiger partial charge in [0, 0.05) is 13.0 Å². The minimum absolute atomic E-state index is 0.0493. The molecule has 1 saturated carbocycles. The molecular formula is C16H21N3O2. The molecule has 1 atom stereocenters. The molecule has 5 heteroatoms. The summed E-state index contributed by atoms with van der Waals surface area (Å²) < 4.78 is 0. The number of amides is 2. The lowest BCUT2D eigenvalue weighted by Crippen LogP contribution is -2.32. The molecule has 1 spiro atoms. The third kappa shape index (κ3) is 2.65. The van der Waals surface area contributed by atoms with E-state index in [-0.39, 0.29) is 23.1 Å². The molecule has 1 heterocycles. The van der Waals surface area contributed by atoms with Gasteiger partial charge in [-0.05, 0) is 49.9 Å². The number of anilines is 1. The van der Waals surface area contributed by atoms with Crippen molar-refractivity contribution in [1.82, 2.24) is 10.6 Å². The number of benzene rings is 1. The van der Waals surface area contributed by atoms with E-state index in [1.54, 1.807) is 25.2 Å². The van der Waals surface area contributed by atoms with Crippen molar-refractivity contribution in [3.8, 4) is 0 Å². The van der Waals surface area contributed by atoms with Crippen molar-refractivity contribution in [2.24, 2.45) is 11.3 Å². The summed E-state index contributed by atoms with van der Waals surface area (Å²) in [5, 5.41) is 8.87. The van der Waals surface area contributed by atoms with Crippen LogP contribution in [0.15, 0.2) is 24.3 Å². The number of rotatable bonds is 3. The number of para-hydroxylation sites is 1. The summed E-state index contributed by atoms with van der Waals surface area (Å²) in [6.07, 6.45) is 3.12. The number of hydrogen-bond acceptors (Lipinski definition) is 3. The average Bonchev–Trinajstić information content (AvgIpc) is 3.21. The molecule has 1 aliphatic carbocycles. The van der Waals surface area contributed by atoms with Crippen LogP contribution in [0.25, 0.3) is 0 Å². The Labute approximate surface area is 124 Å². The zero-order chi connectivity index (χ0) is 14.9. The van der Waals surface area contributed by atoms with E-state index in [4.69, 9.17) is 0 Å². The molecule has 0 radical (unpaired) electrons. The van der Waals surface area contributed by atoms with Gasteiger partial charge in [0.05, 0.1) is 11.3 Å². The largest absolute Gasteiger partial charge is 0.355 e. The molecule has 1 aromatic carbocycles. The third-order valence-corrected chi connectivity index (χ3v) is 4.76. The average molecular weight is 287 g/mol. The van der Waals surface area contributed by atoms with Crippen molar-refractivity contribution < 1.29 is 9.59 Å². The molecule has 2 amide bonds. The van der Waals surface area contributed by atoms with E-state index in [9.17, 15) is 9.59 Å². The van der Waals surface area contributed by atoms with E-state index >= 15 is 0 Å². The lowest BCUT2D eigenvalue weighted by atomic mass is 9.91. The summed E-state index contributed by atoms with van der Waals surface area (Å²) in [6.45, 7) is 2.00. The molecule has 2 fully saturated rings. The molecule has 3 N–H and O–H groups in total. The van der Waals surface area contributed by atoms with Crippen LogP contribution in [-0.2, 0) is 4.79 Å². The Morgan fingerprint density at radius 1 is 1.24 bits per heavy atom. The Hall–Kier alpha value is -1.88. The van der Waals surface area contributed by atoms with Gasteiger partial charge in [-0.3, -0.25) is 9.59 Å². The lowest BCUT2D eigenvalue weighted by molar-refractivity contribution is -0.118. The number of piperidine rings is 1. The quantitative estimate of drug-likeness (QED) is 0.786. The first-order valence-electron chi connectivity index (χ1n) is 7.49. The predicted molar refractivity (Wildman–Crippen MR) is 81.1 cm³/mol. The highest BCUT2D eigenvalue weighted by Crippen LogP contribution is 2.58. The van der Waals surface area contributed by atoms with Crippen molar-refractivity contribution in [2.75, 3.05) is 25.5 Å². The first-order chi connectivity index (χ1) is 10.2. The minimum atomic E-state index is -0.182. The summed E-state index contributed by atoms with van der Waals surface area (Å²) in [5.74, 6) is -0.0381. The van der Waals surface area contributed by atoms with E-state index in [0.717, 1.165) is 32.4 Å².